The van der Waals surface area contributed by atoms with Crippen LogP contribution in [0, 0.1) is 0 Å². The Balaban J connectivity index is 1.73. The summed E-state index contributed by atoms with van der Waals surface area (Å²) in [6.07, 6.45) is 2.09. The van der Waals surface area contributed by atoms with Crippen molar-refractivity contribution in [3.05, 3.63) is 81.3 Å². The van der Waals surface area contributed by atoms with Crippen molar-refractivity contribution in [3.8, 4) is 16.5 Å². The molecule has 0 saturated heterocycles. The smallest absolute Gasteiger partial charge is 0.313 e. The number of benzene rings is 2. The maximum atomic E-state index is 12.0. The second-order valence-corrected chi connectivity index (χ2v) is 8.25. The van der Waals surface area contributed by atoms with Gasteiger partial charge >= 0.3 is 5.97 Å². The van der Waals surface area contributed by atoms with E-state index in [1.165, 1.54) is 0 Å². The van der Waals surface area contributed by atoms with Crippen LogP contribution in [0.4, 0.5) is 0 Å². The van der Waals surface area contributed by atoms with Gasteiger partial charge in [0.25, 0.3) is 0 Å². The lowest BCUT2D eigenvalue weighted by Gasteiger charge is -2.21. The normalized spacial score (nSPS) is 15.4. The first-order chi connectivity index (χ1) is 13.6. The van der Waals surface area contributed by atoms with Crippen LogP contribution < -0.4 is 4.74 Å². The highest BCUT2D eigenvalue weighted by molar-refractivity contribution is 9.10. The zero-order chi connectivity index (χ0) is 19.5. The molecule has 0 spiro atoms. The molecule has 2 heterocycles. The zero-order valence-electron chi connectivity index (χ0n) is 15.2. The van der Waals surface area contributed by atoms with Crippen LogP contribution in [0.15, 0.2) is 70.9 Å². The van der Waals surface area contributed by atoms with Crippen LogP contribution in [0.5, 0.6) is 5.88 Å². The van der Waals surface area contributed by atoms with Crippen LogP contribution in [0.25, 0.3) is 10.6 Å². The van der Waals surface area contributed by atoms with Gasteiger partial charge in [-0.15, -0.1) is 11.3 Å². The van der Waals surface area contributed by atoms with Gasteiger partial charge in [0.15, 0.2) is 0 Å². The molecular formula is C22H18BrNO3S. The summed E-state index contributed by atoms with van der Waals surface area (Å²) in [6.45, 7) is 2.14. The molecule has 4 nitrogen and oxygen atoms in total. The number of aromatic nitrogens is 1. The Morgan fingerprint density at radius 3 is 2.64 bits per heavy atom. The summed E-state index contributed by atoms with van der Waals surface area (Å²) in [7, 11) is 0. The van der Waals surface area contributed by atoms with E-state index in [0.29, 0.717) is 18.2 Å². The molecule has 0 aliphatic carbocycles. The maximum Gasteiger partial charge on any atom is 0.313 e. The minimum absolute atomic E-state index is 0.0174. The van der Waals surface area contributed by atoms with E-state index < -0.39 is 0 Å². The van der Waals surface area contributed by atoms with E-state index in [1.807, 2.05) is 48.5 Å². The zero-order valence-corrected chi connectivity index (χ0v) is 17.6. The van der Waals surface area contributed by atoms with Crippen LogP contribution in [0.3, 0.4) is 0 Å². The number of thiazole rings is 1. The molecule has 1 aliphatic rings. The molecule has 3 aromatic rings. The predicted octanol–water partition coefficient (Wildman–Crippen LogP) is 5.93. The van der Waals surface area contributed by atoms with E-state index in [1.54, 1.807) is 18.3 Å². The Bertz CT molecular complexity index is 1010. The lowest BCUT2D eigenvalue weighted by atomic mass is 9.95. The number of nitrogens with zero attached hydrogens (tertiary/aromatic N) is 1. The Morgan fingerprint density at radius 2 is 1.93 bits per heavy atom. The van der Waals surface area contributed by atoms with Gasteiger partial charge in [-0.05, 0) is 30.7 Å². The summed E-state index contributed by atoms with van der Waals surface area (Å²) in [5, 5.41) is 0.901. The molecule has 28 heavy (non-hydrogen) atoms. The molecule has 0 amide bonds. The van der Waals surface area contributed by atoms with E-state index in [2.05, 4.69) is 28.1 Å². The van der Waals surface area contributed by atoms with Crippen LogP contribution >= 0.6 is 27.3 Å². The lowest BCUT2D eigenvalue weighted by Crippen LogP contribution is -2.14. The standard InChI is InChI=1S/C22H18BrNO3S/c1-2-26-19(25)13-17-12-18(14-8-10-16(23)11-9-14)20-21(27-17)24-22(28-20)15-6-4-3-5-7-15/h3-12,18H,2,13H2,1H3. The quantitative estimate of drug-likeness (QED) is 0.447. The second kappa shape index (κ2) is 8.29. The van der Waals surface area contributed by atoms with Crippen LogP contribution in [0.1, 0.15) is 29.7 Å². The van der Waals surface area contributed by atoms with Gasteiger partial charge < -0.3 is 9.47 Å². The first kappa shape index (κ1) is 18.9. The fourth-order valence-electron chi connectivity index (χ4n) is 3.08. The van der Waals surface area contributed by atoms with Gasteiger partial charge in [-0.3, -0.25) is 4.79 Å². The van der Waals surface area contributed by atoms with E-state index in [-0.39, 0.29) is 18.3 Å². The number of allylic oxidation sites excluding steroid dienone is 1. The molecule has 0 N–H and O–H groups in total. The van der Waals surface area contributed by atoms with Crippen LogP contribution in [0.2, 0.25) is 0 Å². The third-order valence-electron chi connectivity index (χ3n) is 4.36. The van der Waals surface area contributed by atoms with Gasteiger partial charge in [0.2, 0.25) is 5.88 Å². The number of hydrogen-bond donors (Lipinski definition) is 0. The summed E-state index contributed by atoms with van der Waals surface area (Å²) in [5.41, 5.74) is 2.17. The first-order valence-corrected chi connectivity index (χ1v) is 10.6. The van der Waals surface area contributed by atoms with Crippen molar-refractivity contribution >= 4 is 33.2 Å². The minimum Gasteiger partial charge on any atom is -0.466 e. The van der Waals surface area contributed by atoms with Crippen molar-refractivity contribution in [1.29, 1.82) is 0 Å². The van der Waals surface area contributed by atoms with Gasteiger partial charge in [0.05, 0.1) is 11.5 Å². The van der Waals surface area contributed by atoms with Crippen molar-refractivity contribution in [1.82, 2.24) is 4.98 Å². The van der Waals surface area contributed by atoms with Crippen LogP contribution in [-0.4, -0.2) is 17.6 Å². The summed E-state index contributed by atoms with van der Waals surface area (Å²) in [4.78, 5) is 17.7. The number of hydrogen-bond acceptors (Lipinski definition) is 5. The number of rotatable bonds is 5. The minimum atomic E-state index is -0.301. The third-order valence-corrected chi connectivity index (χ3v) is 6.05. The molecule has 4 rings (SSSR count). The fraction of sp³-hybridized carbons (Fsp3) is 0.182. The van der Waals surface area contributed by atoms with Gasteiger partial charge in [-0.25, -0.2) is 4.98 Å². The summed E-state index contributed by atoms with van der Waals surface area (Å²) in [5.74, 6) is 0.823. The highest BCUT2D eigenvalue weighted by Gasteiger charge is 2.29. The van der Waals surface area contributed by atoms with Crippen LogP contribution in [-0.2, 0) is 9.53 Å². The Morgan fingerprint density at radius 1 is 1.18 bits per heavy atom. The summed E-state index contributed by atoms with van der Waals surface area (Å²) >= 11 is 5.10. The molecule has 0 fully saturated rings. The second-order valence-electron chi connectivity index (χ2n) is 6.30. The fourth-order valence-corrected chi connectivity index (χ4v) is 4.44. The van der Waals surface area contributed by atoms with Crippen molar-refractivity contribution in [2.75, 3.05) is 6.61 Å². The number of halogens is 1. The van der Waals surface area contributed by atoms with E-state index in [4.69, 9.17) is 14.5 Å². The summed E-state index contributed by atoms with van der Waals surface area (Å²) < 4.78 is 12.1. The van der Waals surface area contributed by atoms with Gasteiger partial charge in [-0.2, -0.15) is 0 Å². The molecule has 2 aromatic carbocycles. The Hall–Kier alpha value is -2.44. The molecular weight excluding hydrogens is 438 g/mol. The van der Waals surface area contributed by atoms with Gasteiger partial charge in [0, 0.05) is 16.0 Å². The highest BCUT2D eigenvalue weighted by Crippen LogP contribution is 2.45. The monoisotopic (exact) mass is 455 g/mol. The largest absolute Gasteiger partial charge is 0.466 e. The van der Waals surface area contributed by atoms with Gasteiger partial charge in [-0.1, -0.05) is 58.4 Å². The lowest BCUT2D eigenvalue weighted by molar-refractivity contribution is -0.142. The van der Waals surface area contributed by atoms with Crippen molar-refractivity contribution in [2.24, 2.45) is 0 Å². The van der Waals surface area contributed by atoms with E-state index in [0.717, 1.165) is 25.5 Å². The average molecular weight is 456 g/mol. The number of fused-ring (bicyclic) bond motifs is 1. The molecule has 6 heteroatoms. The molecule has 1 unspecified atom stereocenters. The molecule has 1 aromatic heterocycles. The van der Waals surface area contributed by atoms with Gasteiger partial charge in [0.1, 0.15) is 17.2 Å². The molecule has 1 aliphatic heterocycles. The number of esters is 1. The maximum absolute atomic E-state index is 12.0. The molecule has 0 saturated carbocycles. The first-order valence-electron chi connectivity index (χ1n) is 9.00. The van der Waals surface area contributed by atoms with E-state index in [9.17, 15) is 4.79 Å². The Kier molecular flexibility index (Phi) is 5.59. The van der Waals surface area contributed by atoms with Crippen molar-refractivity contribution in [2.45, 2.75) is 19.3 Å². The van der Waals surface area contributed by atoms with E-state index >= 15 is 0 Å². The molecule has 0 bridgehead atoms. The highest BCUT2D eigenvalue weighted by atomic mass is 79.9. The average Bonchev–Trinajstić information content (AvgIpc) is 3.13. The third kappa shape index (κ3) is 4.03. The van der Waals surface area contributed by atoms with Crippen molar-refractivity contribution in [3.63, 3.8) is 0 Å². The predicted molar refractivity (Wildman–Crippen MR) is 113 cm³/mol. The SMILES string of the molecule is CCOC(=O)CC1=CC(c2ccc(Br)cc2)c2sc(-c3ccccc3)nc2O1. The number of ether oxygens (including phenoxy) is 2. The van der Waals surface area contributed by atoms with Crippen molar-refractivity contribution < 1.29 is 14.3 Å². The molecule has 142 valence electrons. The molecule has 0 radical (unpaired) electrons. The number of carbonyl (C=O) groups is 1. The Labute approximate surface area is 176 Å². The molecule has 1 atom stereocenters. The topological polar surface area (TPSA) is 48.4 Å². The summed E-state index contributed by atoms with van der Waals surface area (Å²) in [6, 6.07) is 18.2. The number of carbonyl (C=O) groups excluding carboxylic acids is 1.